The average molecular weight is 324 g/mol. The summed E-state index contributed by atoms with van der Waals surface area (Å²) >= 11 is 1.79. The Hall–Kier alpha value is -1.03. The average Bonchev–Trinajstić information content (AvgIpc) is 2.96. The van der Waals surface area contributed by atoms with Gasteiger partial charge in [-0.1, -0.05) is 18.2 Å². The van der Waals surface area contributed by atoms with E-state index in [0.29, 0.717) is 31.8 Å². The summed E-state index contributed by atoms with van der Waals surface area (Å²) in [6.07, 6.45) is 1.66. The number of nitrogens with zero attached hydrogens (tertiary/aromatic N) is 2. The molecule has 4 nitrogen and oxygen atoms in total. The van der Waals surface area contributed by atoms with E-state index in [2.05, 4.69) is 12.1 Å². The summed E-state index contributed by atoms with van der Waals surface area (Å²) in [6.45, 7) is 1.24. The highest BCUT2D eigenvalue weighted by Crippen LogP contribution is 2.27. The Balaban J connectivity index is 1.79. The maximum Gasteiger partial charge on any atom is 0.214 e. The predicted octanol–water partition coefficient (Wildman–Crippen LogP) is 2.73. The highest BCUT2D eigenvalue weighted by molar-refractivity contribution is 7.99. The smallest absolute Gasteiger partial charge is 0.212 e. The monoisotopic (exact) mass is 324 g/mol. The zero-order valence-electron chi connectivity index (χ0n) is 11.9. The predicted molar refractivity (Wildman–Crippen MR) is 85.5 cm³/mol. The standard InChI is InChI=1S/C15H20N2O2S2/c16-9-4-5-11-21(18,19)17-10-8-14(12-17)13-20-15-6-2-1-3-7-15/h1-3,6-7,14H,4-5,8,10-13H2. The largest absolute Gasteiger partial charge is 0.214 e. The first-order valence-corrected chi connectivity index (χ1v) is 9.74. The summed E-state index contributed by atoms with van der Waals surface area (Å²) in [5, 5.41) is 8.49. The summed E-state index contributed by atoms with van der Waals surface area (Å²) in [6, 6.07) is 12.2. The number of thioether (sulfide) groups is 1. The molecule has 21 heavy (non-hydrogen) atoms. The molecule has 0 aliphatic carbocycles. The number of benzene rings is 1. The van der Waals surface area contributed by atoms with Gasteiger partial charge in [0.15, 0.2) is 0 Å². The molecule has 0 amide bonds. The van der Waals surface area contributed by atoms with Crippen LogP contribution in [0.3, 0.4) is 0 Å². The Morgan fingerprint density at radius 1 is 1.33 bits per heavy atom. The van der Waals surface area contributed by atoms with E-state index in [0.717, 1.165) is 12.2 Å². The van der Waals surface area contributed by atoms with Crippen LogP contribution in [0.5, 0.6) is 0 Å². The van der Waals surface area contributed by atoms with Crippen molar-refractivity contribution in [2.45, 2.75) is 24.2 Å². The molecule has 0 aromatic heterocycles. The molecule has 0 bridgehead atoms. The molecule has 2 rings (SSSR count). The number of unbranched alkanes of at least 4 members (excludes halogenated alkanes) is 1. The third-order valence-electron chi connectivity index (χ3n) is 3.56. The minimum atomic E-state index is -3.18. The lowest BCUT2D eigenvalue weighted by molar-refractivity contribution is 0.464. The van der Waals surface area contributed by atoms with Gasteiger partial charge in [0.2, 0.25) is 10.0 Å². The van der Waals surface area contributed by atoms with Crippen molar-refractivity contribution in [3.63, 3.8) is 0 Å². The number of hydrogen-bond donors (Lipinski definition) is 0. The Kier molecular flexibility index (Phi) is 6.09. The van der Waals surface area contributed by atoms with Crippen LogP contribution in [0, 0.1) is 17.2 Å². The van der Waals surface area contributed by atoms with Crippen molar-refractivity contribution in [1.82, 2.24) is 4.31 Å². The van der Waals surface area contributed by atoms with Crippen molar-refractivity contribution >= 4 is 21.8 Å². The summed E-state index contributed by atoms with van der Waals surface area (Å²) < 4.78 is 25.9. The molecule has 0 N–H and O–H groups in total. The lowest BCUT2D eigenvalue weighted by Crippen LogP contribution is -2.31. The van der Waals surface area contributed by atoms with E-state index in [1.54, 1.807) is 16.1 Å². The minimum absolute atomic E-state index is 0.0963. The Morgan fingerprint density at radius 3 is 2.81 bits per heavy atom. The van der Waals surface area contributed by atoms with Crippen LogP contribution in [0.15, 0.2) is 35.2 Å². The SMILES string of the molecule is N#CCCCS(=O)(=O)N1CCC(CSc2ccccc2)C1. The van der Waals surface area contributed by atoms with Gasteiger partial charge in [0, 0.05) is 30.2 Å². The van der Waals surface area contributed by atoms with Crippen LogP contribution in [0.25, 0.3) is 0 Å². The van der Waals surface area contributed by atoms with Gasteiger partial charge < -0.3 is 0 Å². The molecule has 1 aliphatic heterocycles. The van der Waals surface area contributed by atoms with E-state index in [9.17, 15) is 8.42 Å². The van der Waals surface area contributed by atoms with Gasteiger partial charge in [-0.05, 0) is 30.9 Å². The van der Waals surface area contributed by atoms with E-state index < -0.39 is 10.0 Å². The zero-order chi connectivity index (χ0) is 15.1. The molecule has 1 fully saturated rings. The van der Waals surface area contributed by atoms with Gasteiger partial charge in [0.25, 0.3) is 0 Å². The van der Waals surface area contributed by atoms with Crippen molar-refractivity contribution < 1.29 is 8.42 Å². The minimum Gasteiger partial charge on any atom is -0.212 e. The van der Waals surface area contributed by atoms with Gasteiger partial charge in [-0.15, -0.1) is 11.8 Å². The van der Waals surface area contributed by atoms with E-state index in [4.69, 9.17) is 5.26 Å². The highest BCUT2D eigenvalue weighted by atomic mass is 32.2. The summed E-state index contributed by atoms with van der Waals surface area (Å²) in [4.78, 5) is 1.23. The fourth-order valence-corrected chi connectivity index (χ4v) is 5.02. The fourth-order valence-electron chi connectivity index (χ4n) is 2.38. The lowest BCUT2D eigenvalue weighted by atomic mass is 10.2. The van der Waals surface area contributed by atoms with E-state index in [1.165, 1.54) is 4.90 Å². The molecule has 6 heteroatoms. The third kappa shape index (κ3) is 5.03. The van der Waals surface area contributed by atoms with Gasteiger partial charge in [-0.2, -0.15) is 5.26 Å². The quantitative estimate of drug-likeness (QED) is 0.571. The number of rotatable bonds is 7. The van der Waals surface area contributed by atoms with Crippen molar-refractivity contribution in [3.8, 4) is 6.07 Å². The molecular formula is C15H20N2O2S2. The van der Waals surface area contributed by atoms with Crippen LogP contribution in [0.1, 0.15) is 19.3 Å². The van der Waals surface area contributed by atoms with Crippen LogP contribution in [0.4, 0.5) is 0 Å². The molecule has 0 spiro atoms. The molecule has 114 valence electrons. The van der Waals surface area contributed by atoms with E-state index in [-0.39, 0.29) is 5.75 Å². The van der Waals surface area contributed by atoms with Crippen LogP contribution in [-0.2, 0) is 10.0 Å². The van der Waals surface area contributed by atoms with Gasteiger partial charge in [0.1, 0.15) is 0 Å². The maximum atomic E-state index is 12.1. The van der Waals surface area contributed by atoms with Crippen molar-refractivity contribution in [2.75, 3.05) is 24.6 Å². The van der Waals surface area contributed by atoms with Crippen LogP contribution in [-0.4, -0.2) is 37.3 Å². The molecule has 1 saturated heterocycles. The van der Waals surface area contributed by atoms with Crippen molar-refractivity contribution in [3.05, 3.63) is 30.3 Å². The number of hydrogen-bond acceptors (Lipinski definition) is 4. The number of sulfonamides is 1. The second-order valence-corrected chi connectivity index (χ2v) is 8.40. The highest BCUT2D eigenvalue weighted by Gasteiger charge is 2.30. The van der Waals surface area contributed by atoms with Crippen molar-refractivity contribution in [2.24, 2.45) is 5.92 Å². The Morgan fingerprint density at radius 2 is 2.10 bits per heavy atom. The maximum absolute atomic E-state index is 12.1. The Bertz CT molecular complexity index is 581. The van der Waals surface area contributed by atoms with Crippen LogP contribution in [0.2, 0.25) is 0 Å². The number of nitriles is 1. The first-order chi connectivity index (χ1) is 10.1. The zero-order valence-corrected chi connectivity index (χ0v) is 13.6. The third-order valence-corrected chi connectivity index (χ3v) is 6.73. The molecular weight excluding hydrogens is 304 g/mol. The van der Waals surface area contributed by atoms with Crippen LogP contribution >= 0.6 is 11.8 Å². The topological polar surface area (TPSA) is 61.2 Å². The first kappa shape index (κ1) is 16.3. The van der Waals surface area contributed by atoms with E-state index in [1.807, 2.05) is 24.3 Å². The second-order valence-electron chi connectivity index (χ2n) is 5.21. The molecule has 1 aromatic rings. The Labute approximate surface area is 131 Å². The molecule has 1 aliphatic rings. The lowest BCUT2D eigenvalue weighted by Gasteiger charge is -2.16. The summed E-state index contributed by atoms with van der Waals surface area (Å²) in [5.41, 5.74) is 0. The van der Waals surface area contributed by atoms with Gasteiger partial charge >= 0.3 is 0 Å². The van der Waals surface area contributed by atoms with Crippen LogP contribution < -0.4 is 0 Å². The van der Waals surface area contributed by atoms with Gasteiger partial charge in [0.05, 0.1) is 11.8 Å². The normalized spacial score (nSPS) is 19.5. The molecule has 1 heterocycles. The van der Waals surface area contributed by atoms with E-state index >= 15 is 0 Å². The van der Waals surface area contributed by atoms with Gasteiger partial charge in [-0.3, -0.25) is 0 Å². The first-order valence-electron chi connectivity index (χ1n) is 7.14. The molecule has 1 aromatic carbocycles. The molecule has 1 atom stereocenters. The fraction of sp³-hybridized carbons (Fsp3) is 0.533. The molecule has 0 radical (unpaired) electrons. The van der Waals surface area contributed by atoms with Gasteiger partial charge in [-0.25, -0.2) is 12.7 Å². The second kappa shape index (κ2) is 7.83. The summed E-state index contributed by atoms with van der Waals surface area (Å²) in [5.74, 6) is 1.47. The molecule has 1 unspecified atom stereocenters. The summed E-state index contributed by atoms with van der Waals surface area (Å²) in [7, 11) is -3.18. The van der Waals surface area contributed by atoms with Crippen molar-refractivity contribution in [1.29, 1.82) is 5.26 Å². The molecule has 0 saturated carbocycles.